The lowest BCUT2D eigenvalue weighted by molar-refractivity contribution is -0.151. The molecular formula is C20H23NO3. The fourth-order valence-corrected chi connectivity index (χ4v) is 3.82. The fraction of sp³-hybridized carbons (Fsp3) is 0.400. The quantitative estimate of drug-likeness (QED) is 0.884. The highest BCUT2D eigenvalue weighted by molar-refractivity contribution is 5.61. The van der Waals surface area contributed by atoms with Crippen LogP contribution in [0.4, 0.5) is 5.69 Å². The van der Waals surface area contributed by atoms with Gasteiger partial charge < -0.3 is 19.9 Å². The van der Waals surface area contributed by atoms with E-state index in [1.165, 1.54) is 5.56 Å². The van der Waals surface area contributed by atoms with Crippen molar-refractivity contribution in [2.24, 2.45) is 0 Å². The third kappa shape index (κ3) is 2.61. The Hall–Kier alpha value is -1.88. The van der Waals surface area contributed by atoms with Crippen LogP contribution in [-0.2, 0) is 9.47 Å². The maximum atomic E-state index is 10.0. The van der Waals surface area contributed by atoms with Gasteiger partial charge in [0.1, 0.15) is 12.2 Å². The van der Waals surface area contributed by atoms with Gasteiger partial charge in [-0.15, -0.1) is 0 Å². The Morgan fingerprint density at radius 1 is 1.12 bits per heavy atom. The lowest BCUT2D eigenvalue weighted by Crippen LogP contribution is -2.43. The molecule has 1 fully saturated rings. The summed E-state index contributed by atoms with van der Waals surface area (Å²) >= 11 is 0. The Morgan fingerprint density at radius 2 is 1.88 bits per heavy atom. The Balaban J connectivity index is 1.80. The number of fused-ring (bicyclic) bond motifs is 3. The molecular weight excluding hydrogens is 302 g/mol. The summed E-state index contributed by atoms with van der Waals surface area (Å²) in [4.78, 5) is 0. The fourth-order valence-electron chi connectivity index (χ4n) is 3.82. The summed E-state index contributed by atoms with van der Waals surface area (Å²) in [5.41, 5.74) is 5.37. The minimum Gasteiger partial charge on any atom is -0.389 e. The zero-order chi connectivity index (χ0) is 16.7. The molecule has 0 spiro atoms. The van der Waals surface area contributed by atoms with Crippen LogP contribution in [0.25, 0.3) is 0 Å². The number of aliphatic hydroxyl groups is 1. The van der Waals surface area contributed by atoms with Gasteiger partial charge in [0.15, 0.2) is 0 Å². The van der Waals surface area contributed by atoms with Crippen LogP contribution in [0.5, 0.6) is 0 Å². The monoisotopic (exact) mass is 325 g/mol. The zero-order valence-electron chi connectivity index (χ0n) is 14.0. The maximum absolute atomic E-state index is 10.0. The number of anilines is 1. The summed E-state index contributed by atoms with van der Waals surface area (Å²) < 4.78 is 12.2. The molecule has 2 N–H and O–H groups in total. The zero-order valence-corrected chi connectivity index (χ0v) is 14.0. The van der Waals surface area contributed by atoms with E-state index >= 15 is 0 Å². The number of aliphatic hydroxyl groups excluding tert-OH is 1. The SMILES string of the molecule is Cc1cc2c(cc1C(C)O)C1OCCOC1[C@H](c1ccccc1)N2. The number of aryl methyl sites for hydroxylation is 1. The Bertz CT molecular complexity index is 729. The molecule has 2 heterocycles. The average Bonchev–Trinajstić information content (AvgIpc) is 2.61. The van der Waals surface area contributed by atoms with Crippen LogP contribution in [0.3, 0.4) is 0 Å². The van der Waals surface area contributed by atoms with Crippen LogP contribution in [-0.4, -0.2) is 24.4 Å². The second kappa shape index (κ2) is 6.20. The predicted molar refractivity (Wildman–Crippen MR) is 93.1 cm³/mol. The first-order valence-corrected chi connectivity index (χ1v) is 8.52. The number of rotatable bonds is 2. The standard InChI is InChI=1S/C20H23NO3/c1-12-10-17-16(11-15(12)13(2)22)19-20(24-9-8-23-19)18(21-17)14-6-4-3-5-7-14/h3-7,10-11,13,18-22H,8-9H2,1-2H3/t13?,18-,19?,20?/m0/s1. The summed E-state index contributed by atoms with van der Waals surface area (Å²) in [5.74, 6) is 0. The molecule has 24 heavy (non-hydrogen) atoms. The first kappa shape index (κ1) is 15.6. The minimum absolute atomic E-state index is 0.0563. The number of nitrogens with one attached hydrogen (secondary N) is 1. The van der Waals surface area contributed by atoms with E-state index < -0.39 is 6.10 Å². The first-order chi connectivity index (χ1) is 11.6. The van der Waals surface area contributed by atoms with Crippen molar-refractivity contribution in [2.45, 2.75) is 38.2 Å². The molecule has 2 aromatic carbocycles. The smallest absolute Gasteiger partial charge is 0.113 e. The van der Waals surface area contributed by atoms with Gasteiger partial charge >= 0.3 is 0 Å². The highest BCUT2D eigenvalue weighted by Crippen LogP contribution is 2.45. The van der Waals surface area contributed by atoms with Crippen molar-refractivity contribution in [3.8, 4) is 0 Å². The molecule has 2 aliphatic rings. The van der Waals surface area contributed by atoms with Gasteiger partial charge in [0, 0.05) is 11.3 Å². The van der Waals surface area contributed by atoms with Gasteiger partial charge in [-0.3, -0.25) is 0 Å². The molecule has 4 atom stereocenters. The Kier molecular flexibility index (Phi) is 4.04. The van der Waals surface area contributed by atoms with Gasteiger partial charge in [0.25, 0.3) is 0 Å². The van der Waals surface area contributed by atoms with Gasteiger partial charge in [-0.05, 0) is 42.7 Å². The summed E-state index contributed by atoms with van der Waals surface area (Å²) in [5, 5.41) is 13.7. The topological polar surface area (TPSA) is 50.7 Å². The number of hydrogen-bond donors (Lipinski definition) is 2. The maximum Gasteiger partial charge on any atom is 0.113 e. The van der Waals surface area contributed by atoms with Crippen LogP contribution < -0.4 is 5.32 Å². The number of benzene rings is 2. The third-order valence-electron chi connectivity index (χ3n) is 4.98. The molecule has 4 rings (SSSR count). The van der Waals surface area contributed by atoms with Crippen LogP contribution in [0.15, 0.2) is 42.5 Å². The van der Waals surface area contributed by atoms with E-state index in [0.717, 1.165) is 22.4 Å². The first-order valence-electron chi connectivity index (χ1n) is 8.52. The molecule has 0 bridgehead atoms. The molecule has 4 nitrogen and oxygen atoms in total. The van der Waals surface area contributed by atoms with E-state index in [0.29, 0.717) is 13.2 Å². The van der Waals surface area contributed by atoms with Crippen molar-refractivity contribution < 1.29 is 14.6 Å². The summed E-state index contributed by atoms with van der Waals surface area (Å²) in [6, 6.07) is 14.6. The minimum atomic E-state index is -0.495. The highest BCUT2D eigenvalue weighted by Gasteiger charge is 2.41. The molecule has 0 saturated carbocycles. The lowest BCUT2D eigenvalue weighted by Gasteiger charge is -2.43. The summed E-state index contributed by atoms with van der Waals surface area (Å²) in [7, 11) is 0. The van der Waals surface area contributed by atoms with Crippen LogP contribution in [0.1, 0.15) is 47.4 Å². The van der Waals surface area contributed by atoms with E-state index in [1.807, 2.05) is 25.1 Å². The largest absolute Gasteiger partial charge is 0.389 e. The Morgan fingerprint density at radius 3 is 2.62 bits per heavy atom. The second-order valence-corrected chi connectivity index (χ2v) is 6.63. The molecule has 1 saturated heterocycles. The number of hydrogen-bond acceptors (Lipinski definition) is 4. The third-order valence-corrected chi connectivity index (χ3v) is 4.98. The highest BCUT2D eigenvalue weighted by atomic mass is 16.6. The van der Waals surface area contributed by atoms with Gasteiger partial charge in [-0.1, -0.05) is 30.3 Å². The van der Waals surface area contributed by atoms with Gasteiger partial charge in [0.05, 0.1) is 25.4 Å². The van der Waals surface area contributed by atoms with Crippen LogP contribution in [0.2, 0.25) is 0 Å². The van der Waals surface area contributed by atoms with E-state index in [9.17, 15) is 5.11 Å². The van der Waals surface area contributed by atoms with Gasteiger partial charge in [-0.2, -0.15) is 0 Å². The molecule has 0 aromatic heterocycles. The molecule has 3 unspecified atom stereocenters. The molecule has 2 aliphatic heterocycles. The van der Waals surface area contributed by atoms with Crippen LogP contribution in [0, 0.1) is 6.92 Å². The molecule has 0 radical (unpaired) electrons. The summed E-state index contributed by atoms with van der Waals surface area (Å²) in [6.45, 7) is 5.04. The molecule has 0 aliphatic carbocycles. The van der Waals surface area contributed by atoms with Crippen molar-refractivity contribution in [3.63, 3.8) is 0 Å². The number of ether oxygens (including phenoxy) is 2. The van der Waals surface area contributed by atoms with E-state index in [4.69, 9.17) is 9.47 Å². The molecule has 2 aromatic rings. The van der Waals surface area contributed by atoms with E-state index in [-0.39, 0.29) is 18.2 Å². The lowest BCUT2D eigenvalue weighted by atomic mass is 9.85. The van der Waals surface area contributed by atoms with E-state index in [1.54, 1.807) is 6.92 Å². The molecule has 126 valence electrons. The molecule has 0 amide bonds. The van der Waals surface area contributed by atoms with Gasteiger partial charge in [0.2, 0.25) is 0 Å². The van der Waals surface area contributed by atoms with Crippen molar-refractivity contribution in [1.29, 1.82) is 0 Å². The van der Waals surface area contributed by atoms with Crippen molar-refractivity contribution >= 4 is 5.69 Å². The second-order valence-electron chi connectivity index (χ2n) is 6.63. The van der Waals surface area contributed by atoms with Crippen molar-refractivity contribution in [3.05, 3.63) is 64.7 Å². The van der Waals surface area contributed by atoms with Crippen molar-refractivity contribution in [2.75, 3.05) is 18.5 Å². The average molecular weight is 325 g/mol. The van der Waals surface area contributed by atoms with Gasteiger partial charge in [-0.25, -0.2) is 0 Å². The van der Waals surface area contributed by atoms with Crippen LogP contribution >= 0.6 is 0 Å². The van der Waals surface area contributed by atoms with Crippen molar-refractivity contribution in [1.82, 2.24) is 0 Å². The predicted octanol–water partition coefficient (Wildman–Crippen LogP) is 3.67. The summed E-state index contributed by atoms with van der Waals surface area (Å²) in [6.07, 6.45) is -0.679. The van der Waals surface area contributed by atoms with E-state index in [2.05, 4.69) is 29.6 Å². The normalized spacial score (nSPS) is 26.9. The molecule has 4 heteroatoms. The Labute approximate surface area is 142 Å².